The van der Waals surface area contributed by atoms with Crippen LogP contribution in [0.5, 0.6) is 0 Å². The first-order valence-electron chi connectivity index (χ1n) is 8.40. The number of hydrogen-bond donors (Lipinski definition) is 1. The summed E-state index contributed by atoms with van der Waals surface area (Å²) in [5.74, 6) is -0.0556. The van der Waals surface area contributed by atoms with E-state index in [0.29, 0.717) is 10.7 Å². The molecule has 1 heterocycles. The van der Waals surface area contributed by atoms with Gasteiger partial charge in [0.05, 0.1) is 6.04 Å². The lowest BCUT2D eigenvalue weighted by Crippen LogP contribution is -2.30. The normalized spacial score (nSPS) is 16.5. The zero-order valence-corrected chi connectivity index (χ0v) is 14.7. The second kappa shape index (κ2) is 7.06. The van der Waals surface area contributed by atoms with E-state index in [1.54, 1.807) is 4.90 Å². The summed E-state index contributed by atoms with van der Waals surface area (Å²) in [6, 6.07) is 26.8. The lowest BCUT2D eigenvalue weighted by atomic mass is 10.1. The fourth-order valence-corrected chi connectivity index (χ4v) is 3.23. The van der Waals surface area contributed by atoms with Crippen LogP contribution in [0.4, 0.5) is 11.4 Å². The number of anilines is 2. The van der Waals surface area contributed by atoms with Gasteiger partial charge in [-0.2, -0.15) is 0 Å². The number of carbonyl (C=O) groups excluding carboxylic acids is 1. The predicted molar refractivity (Wildman–Crippen MR) is 106 cm³/mol. The van der Waals surface area contributed by atoms with E-state index < -0.39 is 0 Å². The summed E-state index contributed by atoms with van der Waals surface area (Å²) in [6.45, 7) is 0. The summed E-state index contributed by atoms with van der Waals surface area (Å²) in [6.07, 6.45) is 1.96. The first-order valence-corrected chi connectivity index (χ1v) is 8.78. The first kappa shape index (κ1) is 16.4. The standard InChI is InChI=1S/C22H17ClN2O/c23-17-13-11-16(12-14-17)21-15-20(24-18-7-3-1-4-8-18)22(26)25(21)19-9-5-2-6-10-19/h1-15,21,24H. The molecule has 0 aromatic heterocycles. The number of rotatable bonds is 4. The van der Waals surface area contributed by atoms with Crippen LogP contribution < -0.4 is 10.2 Å². The molecule has 3 aromatic rings. The molecule has 4 rings (SSSR count). The van der Waals surface area contributed by atoms with E-state index in [4.69, 9.17) is 11.6 Å². The number of halogens is 1. The molecule has 0 bridgehead atoms. The Morgan fingerprint density at radius 3 is 2.08 bits per heavy atom. The van der Waals surface area contributed by atoms with Gasteiger partial charge in [0.1, 0.15) is 5.70 Å². The summed E-state index contributed by atoms with van der Waals surface area (Å²) in [5.41, 5.74) is 3.33. The number of nitrogens with one attached hydrogen (secondary N) is 1. The lowest BCUT2D eigenvalue weighted by Gasteiger charge is -2.25. The van der Waals surface area contributed by atoms with Crippen LogP contribution in [-0.2, 0) is 4.79 Å². The second-order valence-corrected chi connectivity index (χ2v) is 6.51. The minimum atomic E-state index is -0.187. The van der Waals surface area contributed by atoms with Gasteiger partial charge in [0, 0.05) is 16.4 Å². The van der Waals surface area contributed by atoms with E-state index in [-0.39, 0.29) is 11.9 Å². The van der Waals surface area contributed by atoms with Crippen LogP contribution >= 0.6 is 11.6 Å². The van der Waals surface area contributed by atoms with Gasteiger partial charge in [0.25, 0.3) is 5.91 Å². The van der Waals surface area contributed by atoms with Crippen LogP contribution in [-0.4, -0.2) is 5.91 Å². The summed E-state index contributed by atoms with van der Waals surface area (Å²) in [5, 5.41) is 3.92. The predicted octanol–water partition coefficient (Wildman–Crippen LogP) is 5.42. The fraction of sp³-hybridized carbons (Fsp3) is 0.0455. The summed E-state index contributed by atoms with van der Waals surface area (Å²) < 4.78 is 0. The number of benzene rings is 3. The minimum absolute atomic E-state index is 0.0556. The Balaban J connectivity index is 1.73. The van der Waals surface area contributed by atoms with E-state index in [1.165, 1.54) is 0 Å². The van der Waals surface area contributed by atoms with Crippen LogP contribution in [0.3, 0.4) is 0 Å². The van der Waals surface area contributed by atoms with Gasteiger partial charge in [-0.3, -0.25) is 9.69 Å². The third-order valence-corrected chi connectivity index (χ3v) is 4.60. The molecule has 1 unspecified atom stereocenters. The molecule has 3 aromatic carbocycles. The highest BCUT2D eigenvalue weighted by Crippen LogP contribution is 2.36. The van der Waals surface area contributed by atoms with E-state index in [9.17, 15) is 4.79 Å². The number of para-hydroxylation sites is 2. The monoisotopic (exact) mass is 360 g/mol. The average Bonchev–Trinajstić information content (AvgIpc) is 3.00. The maximum atomic E-state index is 13.1. The van der Waals surface area contributed by atoms with Crippen molar-refractivity contribution in [1.29, 1.82) is 0 Å². The Labute approximate surface area is 157 Å². The lowest BCUT2D eigenvalue weighted by molar-refractivity contribution is -0.114. The van der Waals surface area contributed by atoms with Crippen molar-refractivity contribution >= 4 is 28.9 Å². The van der Waals surface area contributed by atoms with Crippen molar-refractivity contribution in [3.05, 3.63) is 107 Å². The fourth-order valence-electron chi connectivity index (χ4n) is 3.10. The van der Waals surface area contributed by atoms with E-state index in [0.717, 1.165) is 16.9 Å². The van der Waals surface area contributed by atoms with Gasteiger partial charge in [-0.15, -0.1) is 0 Å². The molecule has 0 fully saturated rings. The van der Waals surface area contributed by atoms with E-state index in [1.807, 2.05) is 91.0 Å². The smallest absolute Gasteiger partial charge is 0.275 e. The van der Waals surface area contributed by atoms with Crippen molar-refractivity contribution in [2.75, 3.05) is 10.2 Å². The quantitative estimate of drug-likeness (QED) is 0.673. The van der Waals surface area contributed by atoms with Crippen molar-refractivity contribution in [3.63, 3.8) is 0 Å². The second-order valence-electron chi connectivity index (χ2n) is 6.08. The third-order valence-electron chi connectivity index (χ3n) is 4.35. The molecule has 0 spiro atoms. The van der Waals surface area contributed by atoms with Crippen LogP contribution in [0.2, 0.25) is 5.02 Å². The van der Waals surface area contributed by atoms with Gasteiger partial charge in [0.2, 0.25) is 0 Å². The summed E-state index contributed by atoms with van der Waals surface area (Å²) >= 11 is 6.03. The Bertz CT molecular complexity index is 937. The van der Waals surface area contributed by atoms with Gasteiger partial charge in [0.15, 0.2) is 0 Å². The SMILES string of the molecule is O=C1C(Nc2ccccc2)=CC(c2ccc(Cl)cc2)N1c1ccccc1. The number of carbonyl (C=O) groups is 1. The van der Waals surface area contributed by atoms with Crippen molar-refractivity contribution in [2.24, 2.45) is 0 Å². The van der Waals surface area contributed by atoms with Gasteiger partial charge >= 0.3 is 0 Å². The molecule has 4 heteroatoms. The largest absolute Gasteiger partial charge is 0.351 e. The molecule has 0 aliphatic carbocycles. The van der Waals surface area contributed by atoms with Crippen LogP contribution in [0.15, 0.2) is 96.7 Å². The highest BCUT2D eigenvalue weighted by molar-refractivity contribution is 6.30. The molecule has 128 valence electrons. The van der Waals surface area contributed by atoms with Crippen LogP contribution in [0, 0.1) is 0 Å². The minimum Gasteiger partial charge on any atom is -0.351 e. The maximum Gasteiger partial charge on any atom is 0.275 e. The molecule has 3 nitrogen and oxygen atoms in total. The molecule has 1 atom stereocenters. The Morgan fingerprint density at radius 1 is 0.808 bits per heavy atom. The molecule has 0 saturated heterocycles. The van der Waals surface area contributed by atoms with Gasteiger partial charge in [-0.1, -0.05) is 60.1 Å². The molecular weight excluding hydrogens is 344 g/mol. The van der Waals surface area contributed by atoms with Gasteiger partial charge in [-0.25, -0.2) is 0 Å². The highest BCUT2D eigenvalue weighted by atomic mass is 35.5. The Morgan fingerprint density at radius 2 is 1.42 bits per heavy atom. The summed E-state index contributed by atoms with van der Waals surface area (Å²) in [7, 11) is 0. The van der Waals surface area contributed by atoms with Crippen LogP contribution in [0.1, 0.15) is 11.6 Å². The number of amides is 1. The molecule has 0 radical (unpaired) electrons. The van der Waals surface area contributed by atoms with Crippen molar-refractivity contribution in [3.8, 4) is 0 Å². The number of hydrogen-bond acceptors (Lipinski definition) is 2. The van der Waals surface area contributed by atoms with Gasteiger partial charge in [-0.05, 0) is 48.0 Å². The first-order chi connectivity index (χ1) is 12.7. The Hall–Kier alpha value is -3.04. The zero-order valence-electron chi connectivity index (χ0n) is 14.0. The molecule has 1 N–H and O–H groups in total. The number of nitrogens with zero attached hydrogens (tertiary/aromatic N) is 1. The average molecular weight is 361 g/mol. The van der Waals surface area contributed by atoms with Gasteiger partial charge < -0.3 is 5.32 Å². The molecule has 1 amide bonds. The molecule has 26 heavy (non-hydrogen) atoms. The molecular formula is C22H17ClN2O. The van der Waals surface area contributed by atoms with Crippen molar-refractivity contribution in [2.45, 2.75) is 6.04 Å². The Kier molecular flexibility index (Phi) is 4.46. The summed E-state index contributed by atoms with van der Waals surface area (Å²) in [4.78, 5) is 14.9. The maximum absolute atomic E-state index is 13.1. The van der Waals surface area contributed by atoms with E-state index >= 15 is 0 Å². The van der Waals surface area contributed by atoms with Crippen LogP contribution in [0.25, 0.3) is 0 Å². The molecule has 0 saturated carbocycles. The van der Waals surface area contributed by atoms with Crippen molar-refractivity contribution in [1.82, 2.24) is 0 Å². The third kappa shape index (κ3) is 3.22. The molecule has 1 aliphatic rings. The topological polar surface area (TPSA) is 32.3 Å². The zero-order chi connectivity index (χ0) is 17.9. The highest BCUT2D eigenvalue weighted by Gasteiger charge is 2.34. The molecule has 1 aliphatic heterocycles. The van der Waals surface area contributed by atoms with Crippen molar-refractivity contribution < 1.29 is 4.79 Å². The van der Waals surface area contributed by atoms with E-state index in [2.05, 4.69) is 5.32 Å².